The van der Waals surface area contributed by atoms with E-state index in [0.29, 0.717) is 34.7 Å². The Morgan fingerprint density at radius 2 is 1.77 bits per heavy atom. The van der Waals surface area contributed by atoms with Gasteiger partial charge in [0.15, 0.2) is 5.82 Å². The fourth-order valence-corrected chi connectivity index (χ4v) is 4.86. The molecule has 1 aliphatic rings. The van der Waals surface area contributed by atoms with E-state index in [1.807, 2.05) is 12.1 Å². The number of nitrogens with zero attached hydrogens (tertiary/aromatic N) is 2. The second kappa shape index (κ2) is 10.5. The van der Waals surface area contributed by atoms with Crippen LogP contribution in [-0.2, 0) is 5.54 Å². The Balaban J connectivity index is 1.49. The first-order valence-corrected chi connectivity index (χ1v) is 12.1. The second-order valence-electron chi connectivity index (χ2n) is 8.62. The van der Waals surface area contributed by atoms with Crippen molar-refractivity contribution in [3.8, 4) is 5.75 Å². The first-order chi connectivity index (χ1) is 16.8. The molecule has 0 atom stereocenters. The van der Waals surface area contributed by atoms with Crippen LogP contribution in [0.4, 0.5) is 26.0 Å². The normalized spacial score (nSPS) is 20.1. The number of carbonyl (C=O) groups excluding carboxylic acids is 1. The number of carbonyl (C=O) groups is 1. The van der Waals surface area contributed by atoms with Gasteiger partial charge in [0.1, 0.15) is 11.3 Å². The number of aromatic hydroxyl groups is 1. The molecule has 4 rings (SSSR count). The van der Waals surface area contributed by atoms with Gasteiger partial charge in [-0.3, -0.25) is 9.48 Å². The van der Waals surface area contributed by atoms with Crippen molar-refractivity contribution in [2.24, 2.45) is 11.5 Å². The summed E-state index contributed by atoms with van der Waals surface area (Å²) in [5.74, 6) is -2.61. The van der Waals surface area contributed by atoms with Crippen LogP contribution in [0.15, 0.2) is 59.6 Å². The maximum absolute atomic E-state index is 12.6. The van der Waals surface area contributed by atoms with Gasteiger partial charge in [-0.2, -0.15) is 13.9 Å². The predicted octanol–water partition coefficient (Wildman–Crippen LogP) is 4.45. The highest BCUT2D eigenvalue weighted by atomic mass is 32.2. The Morgan fingerprint density at radius 3 is 2.34 bits per heavy atom. The molecule has 2 aromatic carbocycles. The Labute approximate surface area is 206 Å². The molecule has 1 aliphatic carbocycles. The number of anilines is 3. The molecule has 1 saturated carbocycles. The van der Waals surface area contributed by atoms with Gasteiger partial charge in [0, 0.05) is 35.1 Å². The van der Waals surface area contributed by atoms with Crippen molar-refractivity contribution in [3.63, 3.8) is 0 Å². The number of hydrogen-bond donors (Lipinski definition) is 5. The van der Waals surface area contributed by atoms with Gasteiger partial charge in [-0.25, -0.2) is 0 Å². The summed E-state index contributed by atoms with van der Waals surface area (Å²) in [5, 5.41) is 20.7. The Hall–Kier alpha value is -3.31. The quantitative estimate of drug-likeness (QED) is 0.216. The summed E-state index contributed by atoms with van der Waals surface area (Å²) in [6.07, 6.45) is 4.81. The van der Waals surface area contributed by atoms with Gasteiger partial charge in [0.25, 0.3) is 11.7 Å². The van der Waals surface area contributed by atoms with Gasteiger partial charge in [0.05, 0.1) is 5.54 Å². The number of halogens is 2. The third-order valence-corrected chi connectivity index (χ3v) is 7.06. The number of nitrogens with two attached hydrogens (primary N) is 2. The first kappa shape index (κ1) is 24.8. The van der Waals surface area contributed by atoms with E-state index in [-0.39, 0.29) is 17.4 Å². The van der Waals surface area contributed by atoms with E-state index in [1.54, 1.807) is 47.3 Å². The predicted molar refractivity (Wildman–Crippen MR) is 133 cm³/mol. The van der Waals surface area contributed by atoms with E-state index < -0.39 is 17.2 Å². The van der Waals surface area contributed by atoms with Crippen LogP contribution in [0.1, 0.15) is 36.0 Å². The van der Waals surface area contributed by atoms with Crippen LogP contribution in [0.2, 0.25) is 0 Å². The van der Waals surface area contributed by atoms with Crippen molar-refractivity contribution in [2.45, 2.75) is 47.9 Å². The number of amides is 1. The highest BCUT2D eigenvalue weighted by molar-refractivity contribution is 7.99. The minimum absolute atomic E-state index is 0.220. The lowest BCUT2D eigenvalue weighted by atomic mass is 9.79. The topological polar surface area (TPSA) is 131 Å². The summed E-state index contributed by atoms with van der Waals surface area (Å²) in [7, 11) is 0. The Bertz CT molecular complexity index is 1150. The van der Waals surface area contributed by atoms with Crippen LogP contribution >= 0.6 is 11.8 Å². The van der Waals surface area contributed by atoms with Crippen molar-refractivity contribution in [3.05, 3.63) is 60.3 Å². The molecule has 0 aliphatic heterocycles. The van der Waals surface area contributed by atoms with Gasteiger partial charge >= 0.3 is 0 Å². The van der Waals surface area contributed by atoms with Crippen LogP contribution in [0, 0.1) is 0 Å². The molecule has 0 bridgehead atoms. The first-order valence-electron chi connectivity index (χ1n) is 11.3. The number of nitrogens with one attached hydrogen (secondary N) is 2. The molecule has 11 heteroatoms. The summed E-state index contributed by atoms with van der Waals surface area (Å²) < 4.78 is 26.9. The highest BCUT2D eigenvalue weighted by Crippen LogP contribution is 2.37. The summed E-state index contributed by atoms with van der Waals surface area (Å²) in [6, 6.07) is 13.6. The molecule has 7 N–H and O–H groups in total. The van der Waals surface area contributed by atoms with E-state index in [2.05, 4.69) is 15.7 Å². The standard InChI is InChI=1S/C24H28F2N6O2S/c25-23(26)35-19-7-3-16(4-8-19)30-22-20(21(28)34)13-32(31-22)24(14-27)11-9-17(10-12-24)29-15-1-5-18(33)6-2-15/h1-8,13,17,23,29,33H,9-12,14,27H2,(H2,28,34)(H,30,31). The Morgan fingerprint density at radius 1 is 1.14 bits per heavy atom. The van der Waals surface area contributed by atoms with Crippen molar-refractivity contribution in [1.29, 1.82) is 0 Å². The SMILES string of the molecule is NCC1(n2cc(C(N)=O)c(Nc3ccc(SC(F)F)cc3)n2)CCC(Nc2ccc(O)cc2)CC1. The van der Waals surface area contributed by atoms with Crippen LogP contribution < -0.4 is 22.1 Å². The third-order valence-electron chi connectivity index (χ3n) is 6.34. The summed E-state index contributed by atoms with van der Waals surface area (Å²) >= 11 is 0.463. The molecular weight excluding hydrogens is 474 g/mol. The molecular formula is C24H28F2N6O2S. The molecule has 1 aromatic heterocycles. The minimum Gasteiger partial charge on any atom is -0.508 e. The molecule has 0 unspecified atom stereocenters. The minimum atomic E-state index is -2.50. The molecule has 8 nitrogen and oxygen atoms in total. The van der Waals surface area contributed by atoms with Crippen LogP contribution in [-0.4, -0.2) is 39.1 Å². The zero-order valence-corrected chi connectivity index (χ0v) is 19.8. The molecule has 0 spiro atoms. The summed E-state index contributed by atoms with van der Waals surface area (Å²) in [6.45, 7) is 0.345. The lowest BCUT2D eigenvalue weighted by Crippen LogP contribution is -2.46. The fraction of sp³-hybridized carbons (Fsp3) is 0.333. The molecule has 1 heterocycles. The smallest absolute Gasteiger partial charge is 0.288 e. The van der Waals surface area contributed by atoms with E-state index in [9.17, 15) is 18.7 Å². The van der Waals surface area contributed by atoms with Crippen molar-refractivity contribution in [1.82, 2.24) is 9.78 Å². The van der Waals surface area contributed by atoms with Crippen molar-refractivity contribution in [2.75, 3.05) is 17.2 Å². The number of alkyl halides is 2. The fourth-order valence-electron chi connectivity index (χ4n) is 4.37. The van der Waals surface area contributed by atoms with Gasteiger partial charge < -0.3 is 27.2 Å². The van der Waals surface area contributed by atoms with E-state index in [4.69, 9.17) is 11.5 Å². The maximum Gasteiger partial charge on any atom is 0.288 e. The van der Waals surface area contributed by atoms with Crippen molar-refractivity contribution >= 4 is 34.9 Å². The zero-order chi connectivity index (χ0) is 25.0. The van der Waals surface area contributed by atoms with Gasteiger partial charge in [0.2, 0.25) is 0 Å². The largest absolute Gasteiger partial charge is 0.508 e. The number of thioether (sulfide) groups is 1. The molecule has 1 fully saturated rings. The number of rotatable bonds is 9. The van der Waals surface area contributed by atoms with E-state index >= 15 is 0 Å². The average Bonchev–Trinajstić information content (AvgIpc) is 3.27. The number of aromatic nitrogens is 2. The van der Waals surface area contributed by atoms with Crippen molar-refractivity contribution < 1.29 is 18.7 Å². The monoisotopic (exact) mass is 502 g/mol. The third kappa shape index (κ3) is 5.85. The molecule has 0 saturated heterocycles. The number of benzene rings is 2. The molecule has 1 amide bonds. The number of primary amides is 1. The van der Waals surface area contributed by atoms with Gasteiger partial charge in [-0.15, -0.1) is 0 Å². The second-order valence-corrected chi connectivity index (χ2v) is 9.69. The zero-order valence-electron chi connectivity index (χ0n) is 19.0. The highest BCUT2D eigenvalue weighted by Gasteiger charge is 2.37. The van der Waals surface area contributed by atoms with E-state index in [0.717, 1.165) is 31.4 Å². The molecule has 0 radical (unpaired) electrons. The molecule has 3 aromatic rings. The molecule has 186 valence electrons. The van der Waals surface area contributed by atoms with Crippen LogP contribution in [0.25, 0.3) is 0 Å². The summed E-state index contributed by atoms with van der Waals surface area (Å²) in [4.78, 5) is 12.6. The number of phenolic OH excluding ortho intramolecular Hbond substituents is 1. The van der Waals surface area contributed by atoms with Crippen LogP contribution in [0.3, 0.4) is 0 Å². The maximum atomic E-state index is 12.6. The number of phenols is 1. The Kier molecular flexibility index (Phi) is 7.46. The summed E-state index contributed by atoms with van der Waals surface area (Å²) in [5.41, 5.74) is 13.1. The number of hydrogen-bond acceptors (Lipinski definition) is 7. The van der Waals surface area contributed by atoms with Gasteiger partial charge in [-0.1, -0.05) is 11.8 Å². The van der Waals surface area contributed by atoms with E-state index in [1.165, 1.54) is 0 Å². The lowest BCUT2D eigenvalue weighted by Gasteiger charge is -2.40. The average molecular weight is 503 g/mol. The van der Waals surface area contributed by atoms with Crippen LogP contribution in [0.5, 0.6) is 5.75 Å². The van der Waals surface area contributed by atoms with Gasteiger partial charge in [-0.05, 0) is 74.2 Å². The lowest BCUT2D eigenvalue weighted by molar-refractivity contribution is 0.1000. The molecule has 35 heavy (non-hydrogen) atoms.